The first kappa shape index (κ1) is 17.8. The van der Waals surface area contributed by atoms with Crippen LogP contribution in [0.4, 0.5) is 4.79 Å². The zero-order valence-electron chi connectivity index (χ0n) is 15.3. The molecule has 3 aliphatic rings. The van der Waals surface area contributed by atoms with Gasteiger partial charge in [0.05, 0.1) is 18.8 Å². The molecule has 1 saturated heterocycles. The second-order valence-electron chi connectivity index (χ2n) is 8.21. The zero-order chi connectivity index (χ0) is 18.1. The molecule has 0 spiro atoms. The van der Waals surface area contributed by atoms with Crippen LogP contribution in [0.25, 0.3) is 0 Å². The molecule has 2 saturated carbocycles. The smallest absolute Gasteiger partial charge is 0.407 e. The monoisotopic (exact) mass is 358 g/mol. The third-order valence-electron chi connectivity index (χ3n) is 6.85. The number of hydrogen-bond acceptors (Lipinski definition) is 3. The maximum absolute atomic E-state index is 11.8. The predicted octanol–water partition coefficient (Wildman–Crippen LogP) is 3.59. The topological polar surface area (TPSA) is 75.8 Å². The van der Waals surface area contributed by atoms with E-state index in [1.165, 1.54) is 5.56 Å². The van der Waals surface area contributed by atoms with Crippen LogP contribution < -0.4 is 5.73 Å². The molecule has 4 rings (SSSR count). The van der Waals surface area contributed by atoms with E-state index < -0.39 is 6.09 Å². The third-order valence-corrected chi connectivity index (χ3v) is 6.85. The number of nitrogens with zero attached hydrogens (tertiary/aromatic N) is 1. The van der Waals surface area contributed by atoms with Gasteiger partial charge in [-0.2, -0.15) is 0 Å². The molecule has 26 heavy (non-hydrogen) atoms. The highest BCUT2D eigenvalue weighted by atomic mass is 16.5. The Balaban J connectivity index is 1.31. The Morgan fingerprint density at radius 2 is 1.85 bits per heavy atom. The number of ether oxygens (including phenoxy) is 1. The Morgan fingerprint density at radius 3 is 2.54 bits per heavy atom. The summed E-state index contributed by atoms with van der Waals surface area (Å²) in [6, 6.07) is 10.5. The SMILES string of the molecule is N[C@H]1[C@H]2CCC[C@H]2N(C(=O)O)[C@H]1COC1CCC(c2ccccc2)CC1. The van der Waals surface area contributed by atoms with Crippen molar-refractivity contribution in [3.05, 3.63) is 35.9 Å². The van der Waals surface area contributed by atoms with Crippen LogP contribution in [0.1, 0.15) is 56.4 Å². The Hall–Kier alpha value is -1.59. The largest absolute Gasteiger partial charge is 0.465 e. The van der Waals surface area contributed by atoms with Crippen molar-refractivity contribution >= 4 is 6.09 Å². The number of hydrogen-bond donors (Lipinski definition) is 2. The lowest BCUT2D eigenvalue weighted by Crippen LogP contribution is -2.48. The molecule has 2 aliphatic carbocycles. The van der Waals surface area contributed by atoms with Gasteiger partial charge in [-0.25, -0.2) is 4.79 Å². The molecule has 1 aromatic carbocycles. The highest BCUT2D eigenvalue weighted by molar-refractivity contribution is 5.67. The lowest BCUT2D eigenvalue weighted by Gasteiger charge is -2.32. The van der Waals surface area contributed by atoms with E-state index in [4.69, 9.17) is 10.5 Å². The van der Waals surface area contributed by atoms with Crippen molar-refractivity contribution in [1.29, 1.82) is 0 Å². The average molecular weight is 358 g/mol. The van der Waals surface area contributed by atoms with E-state index in [9.17, 15) is 9.90 Å². The van der Waals surface area contributed by atoms with Gasteiger partial charge in [-0.3, -0.25) is 4.90 Å². The molecule has 3 fully saturated rings. The molecule has 1 aromatic rings. The summed E-state index contributed by atoms with van der Waals surface area (Å²) in [5.74, 6) is 0.938. The van der Waals surface area contributed by atoms with Gasteiger partial charge < -0.3 is 15.6 Å². The van der Waals surface area contributed by atoms with Gasteiger partial charge in [-0.15, -0.1) is 0 Å². The molecule has 0 aromatic heterocycles. The van der Waals surface area contributed by atoms with Gasteiger partial charge in [0.2, 0.25) is 0 Å². The Labute approximate surface area is 155 Å². The molecule has 0 radical (unpaired) electrons. The van der Waals surface area contributed by atoms with Crippen LogP contribution >= 0.6 is 0 Å². The fourth-order valence-electron chi connectivity index (χ4n) is 5.48. The minimum atomic E-state index is -0.837. The Bertz CT molecular complexity index is 615. The van der Waals surface area contributed by atoms with Gasteiger partial charge >= 0.3 is 6.09 Å². The van der Waals surface area contributed by atoms with E-state index in [1.807, 2.05) is 0 Å². The summed E-state index contributed by atoms with van der Waals surface area (Å²) < 4.78 is 6.18. The van der Waals surface area contributed by atoms with E-state index in [2.05, 4.69) is 30.3 Å². The van der Waals surface area contributed by atoms with E-state index in [0.717, 1.165) is 44.9 Å². The van der Waals surface area contributed by atoms with Crippen LogP contribution in [0.5, 0.6) is 0 Å². The summed E-state index contributed by atoms with van der Waals surface area (Å²) in [5.41, 5.74) is 7.85. The number of benzene rings is 1. The molecule has 0 unspecified atom stereocenters. The molecular weight excluding hydrogens is 328 g/mol. The van der Waals surface area contributed by atoms with Crippen molar-refractivity contribution in [3.8, 4) is 0 Å². The van der Waals surface area contributed by atoms with Gasteiger partial charge in [-0.05, 0) is 55.9 Å². The van der Waals surface area contributed by atoms with Gasteiger partial charge in [0, 0.05) is 12.1 Å². The van der Waals surface area contributed by atoms with E-state index in [0.29, 0.717) is 18.4 Å². The highest BCUT2D eigenvalue weighted by Crippen LogP contribution is 2.41. The van der Waals surface area contributed by atoms with Gasteiger partial charge in [0.25, 0.3) is 0 Å². The minimum Gasteiger partial charge on any atom is -0.465 e. The van der Waals surface area contributed by atoms with E-state index in [-0.39, 0.29) is 24.2 Å². The quantitative estimate of drug-likeness (QED) is 0.862. The summed E-state index contributed by atoms with van der Waals surface area (Å²) in [4.78, 5) is 13.4. The normalized spacial score (nSPS) is 36.9. The number of rotatable bonds is 4. The number of nitrogens with two attached hydrogens (primary N) is 1. The summed E-state index contributed by atoms with van der Waals surface area (Å²) in [7, 11) is 0. The lowest BCUT2D eigenvalue weighted by atomic mass is 9.83. The fourth-order valence-corrected chi connectivity index (χ4v) is 5.48. The number of likely N-dealkylation sites (tertiary alicyclic amines) is 1. The second kappa shape index (κ2) is 7.57. The van der Waals surface area contributed by atoms with Crippen LogP contribution in [0.2, 0.25) is 0 Å². The maximum Gasteiger partial charge on any atom is 0.407 e. The molecule has 1 amide bonds. The molecule has 1 heterocycles. The summed E-state index contributed by atoms with van der Waals surface area (Å²) in [6.45, 7) is 0.446. The predicted molar refractivity (Wildman–Crippen MR) is 100 cm³/mol. The number of fused-ring (bicyclic) bond motifs is 1. The summed E-state index contributed by atoms with van der Waals surface area (Å²) in [6.07, 6.45) is 6.85. The van der Waals surface area contributed by atoms with E-state index >= 15 is 0 Å². The first-order valence-corrected chi connectivity index (χ1v) is 10.1. The molecule has 0 bridgehead atoms. The molecule has 5 heteroatoms. The molecule has 5 nitrogen and oxygen atoms in total. The average Bonchev–Trinajstić information content (AvgIpc) is 3.23. The standard InChI is InChI=1S/C21H30N2O3/c22-20-17-7-4-8-18(17)23(21(24)25)19(20)13-26-16-11-9-15(10-12-16)14-5-2-1-3-6-14/h1-3,5-6,15-20H,4,7-13,22H2,(H,24,25)/t15?,16?,17-,18+,19-,20-/m0/s1. The van der Waals surface area contributed by atoms with Crippen LogP contribution in [0.15, 0.2) is 30.3 Å². The Kier molecular flexibility index (Phi) is 5.18. The minimum absolute atomic E-state index is 0.0840. The van der Waals surface area contributed by atoms with Crippen molar-refractivity contribution in [2.45, 2.75) is 75.1 Å². The van der Waals surface area contributed by atoms with Crippen molar-refractivity contribution in [2.75, 3.05) is 6.61 Å². The van der Waals surface area contributed by atoms with Crippen molar-refractivity contribution < 1.29 is 14.6 Å². The first-order chi connectivity index (χ1) is 12.6. The summed E-state index contributed by atoms with van der Waals surface area (Å²) in [5, 5.41) is 9.66. The molecule has 142 valence electrons. The van der Waals surface area contributed by atoms with Gasteiger partial charge in [-0.1, -0.05) is 36.8 Å². The molecule has 4 atom stereocenters. The van der Waals surface area contributed by atoms with Crippen LogP contribution in [0.3, 0.4) is 0 Å². The van der Waals surface area contributed by atoms with Crippen LogP contribution in [-0.4, -0.2) is 46.9 Å². The molecule has 3 N–H and O–H groups in total. The Morgan fingerprint density at radius 1 is 1.12 bits per heavy atom. The molecule has 1 aliphatic heterocycles. The first-order valence-electron chi connectivity index (χ1n) is 10.1. The zero-order valence-corrected chi connectivity index (χ0v) is 15.3. The highest BCUT2D eigenvalue weighted by Gasteiger charge is 2.51. The number of amides is 1. The van der Waals surface area contributed by atoms with Crippen molar-refractivity contribution in [3.63, 3.8) is 0 Å². The van der Waals surface area contributed by atoms with Crippen LogP contribution in [-0.2, 0) is 4.74 Å². The maximum atomic E-state index is 11.8. The third kappa shape index (κ3) is 3.35. The van der Waals surface area contributed by atoms with E-state index in [1.54, 1.807) is 4.90 Å². The summed E-state index contributed by atoms with van der Waals surface area (Å²) >= 11 is 0. The fraction of sp³-hybridized carbons (Fsp3) is 0.667. The van der Waals surface area contributed by atoms with Gasteiger partial charge in [0.15, 0.2) is 0 Å². The number of carbonyl (C=O) groups is 1. The van der Waals surface area contributed by atoms with Crippen LogP contribution in [0, 0.1) is 5.92 Å². The number of carboxylic acid groups (broad SMARTS) is 1. The second-order valence-corrected chi connectivity index (χ2v) is 8.21. The molecular formula is C21H30N2O3. The van der Waals surface area contributed by atoms with Gasteiger partial charge in [0.1, 0.15) is 0 Å². The van der Waals surface area contributed by atoms with Crippen molar-refractivity contribution in [1.82, 2.24) is 4.90 Å². The van der Waals surface area contributed by atoms with Crippen molar-refractivity contribution in [2.24, 2.45) is 11.7 Å². The lowest BCUT2D eigenvalue weighted by molar-refractivity contribution is -0.00740.